The minimum absolute atomic E-state index is 0.300. The van der Waals surface area contributed by atoms with E-state index in [4.69, 9.17) is 11.6 Å². The van der Waals surface area contributed by atoms with Gasteiger partial charge in [-0.1, -0.05) is 17.7 Å². The van der Waals surface area contributed by atoms with Crippen LogP contribution < -0.4 is 5.32 Å². The normalized spacial score (nSPS) is 11.1. The SMILES string of the molecule is Cc1cc(C(=O)Nc2ccc(F)cc2C)c2c(C)nn(-c3cccc(Cl)c3C)c2n1. The Morgan fingerprint density at radius 1 is 1.10 bits per heavy atom. The zero-order valence-corrected chi connectivity index (χ0v) is 17.8. The van der Waals surface area contributed by atoms with E-state index < -0.39 is 0 Å². The van der Waals surface area contributed by atoms with Crippen LogP contribution in [-0.4, -0.2) is 20.7 Å². The molecule has 4 aromatic rings. The highest BCUT2D eigenvalue weighted by atomic mass is 35.5. The largest absolute Gasteiger partial charge is 0.322 e. The molecule has 5 nitrogen and oxygen atoms in total. The number of aryl methyl sites for hydroxylation is 3. The van der Waals surface area contributed by atoms with Gasteiger partial charge in [0, 0.05) is 16.4 Å². The van der Waals surface area contributed by atoms with Crippen molar-refractivity contribution in [1.82, 2.24) is 14.8 Å². The van der Waals surface area contributed by atoms with Gasteiger partial charge in [-0.25, -0.2) is 14.1 Å². The fourth-order valence-electron chi connectivity index (χ4n) is 3.54. The highest BCUT2D eigenvalue weighted by molar-refractivity contribution is 6.31. The summed E-state index contributed by atoms with van der Waals surface area (Å²) in [5.41, 5.74) is 5.29. The summed E-state index contributed by atoms with van der Waals surface area (Å²) in [4.78, 5) is 17.8. The summed E-state index contributed by atoms with van der Waals surface area (Å²) in [7, 11) is 0. The third kappa shape index (κ3) is 3.44. The van der Waals surface area contributed by atoms with E-state index in [1.54, 1.807) is 23.7 Å². The fraction of sp³-hybridized carbons (Fsp3) is 0.174. The molecular formula is C23H20ClFN4O. The minimum Gasteiger partial charge on any atom is -0.322 e. The van der Waals surface area contributed by atoms with E-state index >= 15 is 0 Å². The number of carbonyl (C=O) groups is 1. The number of anilines is 1. The van der Waals surface area contributed by atoms with Crippen LogP contribution in [0.15, 0.2) is 42.5 Å². The van der Waals surface area contributed by atoms with Gasteiger partial charge >= 0.3 is 0 Å². The van der Waals surface area contributed by atoms with E-state index in [9.17, 15) is 9.18 Å². The molecule has 0 saturated heterocycles. The van der Waals surface area contributed by atoms with Crippen molar-refractivity contribution in [3.05, 3.63) is 81.4 Å². The topological polar surface area (TPSA) is 59.8 Å². The number of nitrogens with one attached hydrogen (secondary N) is 1. The average molecular weight is 423 g/mol. The lowest BCUT2D eigenvalue weighted by atomic mass is 10.1. The van der Waals surface area contributed by atoms with Crippen molar-refractivity contribution in [2.24, 2.45) is 0 Å². The van der Waals surface area contributed by atoms with Gasteiger partial charge in [0.1, 0.15) is 5.82 Å². The first kappa shape index (κ1) is 20.0. The number of aromatic nitrogens is 3. The number of pyridine rings is 1. The van der Waals surface area contributed by atoms with Gasteiger partial charge in [-0.2, -0.15) is 5.10 Å². The molecule has 1 N–H and O–H groups in total. The maximum Gasteiger partial charge on any atom is 0.256 e. The summed E-state index contributed by atoms with van der Waals surface area (Å²) in [6, 6.07) is 11.6. The monoisotopic (exact) mass is 422 g/mol. The molecule has 0 bridgehead atoms. The van der Waals surface area contributed by atoms with E-state index in [0.717, 1.165) is 11.3 Å². The van der Waals surface area contributed by atoms with Crippen molar-refractivity contribution < 1.29 is 9.18 Å². The van der Waals surface area contributed by atoms with E-state index in [1.807, 2.05) is 39.0 Å². The third-order valence-corrected chi connectivity index (χ3v) is 5.50. The number of fused-ring (bicyclic) bond motifs is 1. The molecule has 2 aromatic heterocycles. The van der Waals surface area contributed by atoms with Gasteiger partial charge in [-0.3, -0.25) is 4.79 Å². The van der Waals surface area contributed by atoms with Crippen LogP contribution in [0, 0.1) is 33.5 Å². The molecule has 7 heteroatoms. The zero-order chi connectivity index (χ0) is 21.6. The van der Waals surface area contributed by atoms with Crippen molar-refractivity contribution in [3.8, 4) is 5.69 Å². The summed E-state index contributed by atoms with van der Waals surface area (Å²) in [6.07, 6.45) is 0. The van der Waals surface area contributed by atoms with Crippen LogP contribution in [0.3, 0.4) is 0 Å². The highest BCUT2D eigenvalue weighted by Crippen LogP contribution is 2.29. The van der Waals surface area contributed by atoms with E-state index in [-0.39, 0.29) is 11.7 Å². The van der Waals surface area contributed by atoms with Gasteiger partial charge in [0.15, 0.2) is 5.65 Å². The lowest BCUT2D eigenvalue weighted by Crippen LogP contribution is -2.14. The third-order valence-electron chi connectivity index (χ3n) is 5.09. The lowest BCUT2D eigenvalue weighted by molar-refractivity contribution is 0.102. The molecule has 30 heavy (non-hydrogen) atoms. The van der Waals surface area contributed by atoms with Crippen LogP contribution in [-0.2, 0) is 0 Å². The molecule has 2 aromatic carbocycles. The summed E-state index contributed by atoms with van der Waals surface area (Å²) >= 11 is 6.30. The number of nitrogens with zero attached hydrogens (tertiary/aromatic N) is 3. The predicted molar refractivity (Wildman–Crippen MR) is 117 cm³/mol. The second kappa shape index (κ2) is 7.54. The van der Waals surface area contributed by atoms with Crippen molar-refractivity contribution in [1.29, 1.82) is 0 Å². The number of amides is 1. The van der Waals surface area contributed by atoms with Crippen LogP contribution in [0.5, 0.6) is 0 Å². The number of rotatable bonds is 3. The Labute approximate surface area is 178 Å². The second-order valence-corrected chi connectivity index (χ2v) is 7.71. The Morgan fingerprint density at radius 3 is 2.60 bits per heavy atom. The molecule has 1 amide bonds. The maximum atomic E-state index is 13.4. The molecule has 0 fully saturated rings. The quantitative estimate of drug-likeness (QED) is 0.460. The van der Waals surface area contributed by atoms with Gasteiger partial charge < -0.3 is 5.32 Å². The average Bonchev–Trinajstić information content (AvgIpc) is 3.01. The minimum atomic E-state index is -0.346. The Bertz CT molecular complexity index is 1310. The number of hydrogen-bond donors (Lipinski definition) is 1. The van der Waals surface area contributed by atoms with E-state index in [1.165, 1.54) is 12.1 Å². The van der Waals surface area contributed by atoms with Gasteiger partial charge in [-0.15, -0.1) is 0 Å². The first-order valence-electron chi connectivity index (χ1n) is 9.46. The Hall–Kier alpha value is -3.25. The van der Waals surface area contributed by atoms with Crippen molar-refractivity contribution in [2.75, 3.05) is 5.32 Å². The molecule has 4 rings (SSSR count). The first-order valence-corrected chi connectivity index (χ1v) is 9.84. The van der Waals surface area contributed by atoms with Gasteiger partial charge in [-0.05, 0) is 75.2 Å². The lowest BCUT2D eigenvalue weighted by Gasteiger charge is -2.11. The van der Waals surface area contributed by atoms with Crippen molar-refractivity contribution in [3.63, 3.8) is 0 Å². The van der Waals surface area contributed by atoms with E-state index in [2.05, 4.69) is 15.4 Å². The first-order chi connectivity index (χ1) is 14.3. The second-order valence-electron chi connectivity index (χ2n) is 7.30. The van der Waals surface area contributed by atoms with Crippen LogP contribution >= 0.6 is 11.6 Å². The summed E-state index contributed by atoms with van der Waals surface area (Å²) in [6.45, 7) is 7.34. The smallest absolute Gasteiger partial charge is 0.256 e. The summed E-state index contributed by atoms with van der Waals surface area (Å²) < 4.78 is 15.1. The molecular weight excluding hydrogens is 403 g/mol. The van der Waals surface area contributed by atoms with Crippen LogP contribution in [0.4, 0.5) is 10.1 Å². The highest BCUT2D eigenvalue weighted by Gasteiger charge is 2.21. The Morgan fingerprint density at radius 2 is 1.87 bits per heavy atom. The van der Waals surface area contributed by atoms with E-state index in [0.29, 0.717) is 44.3 Å². The Balaban J connectivity index is 1.86. The standard InChI is InChI=1S/C23H20ClFN4O/c1-12-10-16(25)8-9-19(12)27-23(30)17-11-13(2)26-22-21(17)15(4)28-29(22)20-7-5-6-18(24)14(20)3/h5-11H,1-4H3,(H,27,30). The van der Waals surface area contributed by atoms with Gasteiger partial charge in [0.25, 0.3) is 5.91 Å². The zero-order valence-electron chi connectivity index (χ0n) is 17.0. The Kier molecular flexibility index (Phi) is 5.03. The molecule has 2 heterocycles. The molecule has 152 valence electrons. The number of benzene rings is 2. The summed E-state index contributed by atoms with van der Waals surface area (Å²) in [5, 5.41) is 8.82. The molecule has 0 radical (unpaired) electrons. The van der Waals surface area contributed by atoms with Crippen molar-refractivity contribution in [2.45, 2.75) is 27.7 Å². The predicted octanol–water partition coefficient (Wildman–Crippen LogP) is 5.70. The number of halogens is 2. The van der Waals surface area contributed by atoms with Crippen molar-refractivity contribution >= 4 is 34.2 Å². The van der Waals surface area contributed by atoms with Gasteiger partial charge in [0.05, 0.1) is 22.3 Å². The molecule has 0 aliphatic carbocycles. The van der Waals surface area contributed by atoms with Crippen LogP contribution in [0.2, 0.25) is 5.02 Å². The van der Waals surface area contributed by atoms with Gasteiger partial charge in [0.2, 0.25) is 0 Å². The molecule has 0 atom stereocenters. The molecule has 0 unspecified atom stereocenters. The molecule has 0 aliphatic heterocycles. The fourth-order valence-corrected chi connectivity index (χ4v) is 3.71. The molecule has 0 aliphatic rings. The number of hydrogen-bond acceptors (Lipinski definition) is 3. The molecule has 0 saturated carbocycles. The van der Waals surface area contributed by atoms with Crippen LogP contribution in [0.1, 0.15) is 32.9 Å². The molecule has 0 spiro atoms. The number of carbonyl (C=O) groups excluding carboxylic acids is 1. The van der Waals surface area contributed by atoms with Crippen LogP contribution in [0.25, 0.3) is 16.7 Å². The maximum absolute atomic E-state index is 13.4. The summed E-state index contributed by atoms with van der Waals surface area (Å²) in [5.74, 6) is -0.646.